The fourth-order valence-electron chi connectivity index (χ4n) is 4.32. The molecule has 2 saturated heterocycles. The number of nitrogens with two attached hydrogens (primary N) is 1. The number of fused-ring (bicyclic) bond motifs is 3. The molecule has 3 aromatic heterocycles. The van der Waals surface area contributed by atoms with E-state index < -0.39 is 5.60 Å². The van der Waals surface area contributed by atoms with Gasteiger partial charge in [-0.3, -0.25) is 4.40 Å². The molecule has 2 N–H and O–H groups in total. The van der Waals surface area contributed by atoms with Crippen LogP contribution in [0.25, 0.3) is 16.9 Å². The number of hydrogen-bond acceptors (Lipinski definition) is 7. The highest BCUT2D eigenvalue weighted by Crippen LogP contribution is 2.36. The van der Waals surface area contributed by atoms with Gasteiger partial charge in [-0.1, -0.05) is 0 Å². The summed E-state index contributed by atoms with van der Waals surface area (Å²) in [4.78, 5) is 30.2. The number of piperazine rings is 1. The highest BCUT2D eigenvalue weighted by molar-refractivity contribution is 5.71. The Bertz CT molecular complexity index is 1120. The third-order valence-electron chi connectivity index (χ3n) is 5.57. The van der Waals surface area contributed by atoms with Crippen molar-refractivity contribution in [3.8, 4) is 11.3 Å². The highest BCUT2D eigenvalue weighted by Gasteiger charge is 2.47. The predicted molar refractivity (Wildman–Crippen MR) is 113 cm³/mol. The molecule has 5 rings (SSSR count). The molecule has 2 fully saturated rings. The van der Waals surface area contributed by atoms with Gasteiger partial charge in [0.1, 0.15) is 17.1 Å². The Labute approximate surface area is 174 Å². The van der Waals surface area contributed by atoms with Crippen molar-refractivity contribution in [2.75, 3.05) is 23.7 Å². The molecule has 0 saturated carbocycles. The van der Waals surface area contributed by atoms with Gasteiger partial charge < -0.3 is 20.3 Å². The molecule has 9 heteroatoms. The van der Waals surface area contributed by atoms with E-state index in [9.17, 15) is 4.79 Å². The fraction of sp³-hybridized carbons (Fsp3) is 0.429. The number of carbonyl (C=O) groups excluding carboxylic acids is 1. The Hall–Kier alpha value is -3.36. The largest absolute Gasteiger partial charge is 0.444 e. The lowest BCUT2D eigenvalue weighted by Gasteiger charge is -2.35. The SMILES string of the molecule is CC(C)(C)OC(=O)N1CC2CC1CN2c1nc(-c2ccnc(N)c2)cc2nccn12. The maximum Gasteiger partial charge on any atom is 0.410 e. The molecule has 0 aromatic carbocycles. The first-order valence-electron chi connectivity index (χ1n) is 10.1. The minimum atomic E-state index is -0.496. The normalized spacial score (nSPS) is 20.9. The third kappa shape index (κ3) is 3.20. The molecule has 2 aliphatic rings. The number of nitrogen functional groups attached to an aromatic ring is 1. The maximum atomic E-state index is 12.6. The van der Waals surface area contributed by atoms with Crippen LogP contribution < -0.4 is 10.6 Å². The van der Waals surface area contributed by atoms with Gasteiger partial charge in [-0.05, 0) is 39.3 Å². The molecule has 2 atom stereocenters. The van der Waals surface area contributed by atoms with E-state index in [1.807, 2.05) is 54.5 Å². The number of rotatable bonds is 2. The lowest BCUT2D eigenvalue weighted by atomic mass is 10.2. The van der Waals surface area contributed by atoms with Gasteiger partial charge in [0.15, 0.2) is 0 Å². The molecule has 0 spiro atoms. The van der Waals surface area contributed by atoms with E-state index in [1.165, 1.54) is 0 Å². The van der Waals surface area contributed by atoms with Crippen LogP contribution in [0.5, 0.6) is 0 Å². The van der Waals surface area contributed by atoms with Crippen LogP contribution in [0.15, 0.2) is 36.8 Å². The van der Waals surface area contributed by atoms with Gasteiger partial charge in [0.25, 0.3) is 0 Å². The summed E-state index contributed by atoms with van der Waals surface area (Å²) in [6.07, 6.45) is 6.03. The first-order valence-corrected chi connectivity index (χ1v) is 10.1. The van der Waals surface area contributed by atoms with Crippen LogP contribution in [0.3, 0.4) is 0 Å². The summed E-state index contributed by atoms with van der Waals surface area (Å²) >= 11 is 0. The van der Waals surface area contributed by atoms with E-state index >= 15 is 0 Å². The number of pyridine rings is 1. The summed E-state index contributed by atoms with van der Waals surface area (Å²) in [5, 5.41) is 0. The van der Waals surface area contributed by atoms with Crippen molar-refractivity contribution in [1.29, 1.82) is 0 Å². The molecule has 3 aromatic rings. The Morgan fingerprint density at radius 2 is 2.00 bits per heavy atom. The van der Waals surface area contributed by atoms with Crippen LogP contribution in [-0.2, 0) is 4.74 Å². The molecule has 0 aliphatic carbocycles. The Balaban J connectivity index is 1.46. The molecule has 30 heavy (non-hydrogen) atoms. The average Bonchev–Trinajstić information content (AvgIpc) is 3.40. The fourth-order valence-corrected chi connectivity index (χ4v) is 4.32. The van der Waals surface area contributed by atoms with Gasteiger partial charge in [-0.25, -0.2) is 19.7 Å². The number of carbonyl (C=O) groups is 1. The highest BCUT2D eigenvalue weighted by atomic mass is 16.6. The number of anilines is 2. The predicted octanol–water partition coefficient (Wildman–Crippen LogP) is 2.57. The topological polar surface area (TPSA) is 102 Å². The van der Waals surface area contributed by atoms with Crippen LogP contribution in [0.4, 0.5) is 16.6 Å². The minimum absolute atomic E-state index is 0.116. The third-order valence-corrected chi connectivity index (χ3v) is 5.57. The van der Waals surface area contributed by atoms with Gasteiger partial charge >= 0.3 is 6.09 Å². The van der Waals surface area contributed by atoms with Crippen molar-refractivity contribution < 1.29 is 9.53 Å². The van der Waals surface area contributed by atoms with Gasteiger partial charge in [0.2, 0.25) is 5.95 Å². The molecule has 156 valence electrons. The Kier molecular flexibility index (Phi) is 4.09. The number of imidazole rings is 1. The van der Waals surface area contributed by atoms with Crippen LogP contribution >= 0.6 is 0 Å². The van der Waals surface area contributed by atoms with Gasteiger partial charge in [-0.15, -0.1) is 0 Å². The summed E-state index contributed by atoms with van der Waals surface area (Å²) in [5.74, 6) is 1.28. The zero-order chi connectivity index (χ0) is 21.0. The lowest BCUT2D eigenvalue weighted by Crippen LogP contribution is -2.50. The van der Waals surface area contributed by atoms with E-state index in [2.05, 4.69) is 14.9 Å². The van der Waals surface area contributed by atoms with Crippen molar-refractivity contribution in [2.45, 2.75) is 44.9 Å². The first-order chi connectivity index (χ1) is 14.3. The summed E-state index contributed by atoms with van der Waals surface area (Å²) in [7, 11) is 0. The summed E-state index contributed by atoms with van der Waals surface area (Å²) in [6, 6.07) is 5.96. The molecule has 1 amide bonds. The Morgan fingerprint density at radius 1 is 1.17 bits per heavy atom. The van der Waals surface area contributed by atoms with E-state index in [0.29, 0.717) is 18.9 Å². The summed E-state index contributed by atoms with van der Waals surface area (Å²) < 4.78 is 7.57. The molecule has 9 nitrogen and oxygen atoms in total. The summed E-state index contributed by atoms with van der Waals surface area (Å²) in [6.45, 7) is 7.02. The second kappa shape index (κ2) is 6.58. The number of nitrogens with zero attached hydrogens (tertiary/aromatic N) is 6. The van der Waals surface area contributed by atoms with Crippen molar-refractivity contribution in [3.05, 3.63) is 36.8 Å². The van der Waals surface area contributed by atoms with Crippen molar-refractivity contribution >= 4 is 23.5 Å². The smallest absolute Gasteiger partial charge is 0.410 e. The zero-order valence-electron chi connectivity index (χ0n) is 17.3. The first kappa shape index (κ1) is 18.7. The van der Waals surface area contributed by atoms with Crippen LogP contribution in [0.2, 0.25) is 0 Å². The second-order valence-corrected chi connectivity index (χ2v) is 8.89. The van der Waals surface area contributed by atoms with Crippen molar-refractivity contribution in [3.63, 3.8) is 0 Å². The van der Waals surface area contributed by atoms with Crippen LogP contribution in [-0.4, -0.2) is 61.1 Å². The van der Waals surface area contributed by atoms with E-state index in [0.717, 1.165) is 29.3 Å². The molecule has 5 heterocycles. The number of aromatic nitrogens is 4. The number of likely N-dealkylation sites (tertiary alicyclic amines) is 1. The Morgan fingerprint density at radius 3 is 2.70 bits per heavy atom. The summed E-state index contributed by atoms with van der Waals surface area (Å²) in [5.41, 5.74) is 7.88. The van der Waals surface area contributed by atoms with Gasteiger partial charge in [-0.2, -0.15) is 0 Å². The van der Waals surface area contributed by atoms with E-state index in [-0.39, 0.29) is 18.2 Å². The molecule has 0 radical (unpaired) electrons. The quantitative estimate of drug-likeness (QED) is 0.696. The average molecular weight is 407 g/mol. The molecular formula is C21H25N7O2. The van der Waals surface area contributed by atoms with Gasteiger partial charge in [0, 0.05) is 43.3 Å². The maximum absolute atomic E-state index is 12.6. The van der Waals surface area contributed by atoms with Crippen LogP contribution in [0, 0.1) is 0 Å². The van der Waals surface area contributed by atoms with Crippen molar-refractivity contribution in [1.82, 2.24) is 24.3 Å². The van der Waals surface area contributed by atoms with Crippen molar-refractivity contribution in [2.24, 2.45) is 0 Å². The standard InChI is InChI=1S/C21H25N7O2/c1-21(2,3)30-20(29)28-12-14-9-15(28)11-27(14)19-25-16(10-18-24-6-7-26(18)19)13-4-5-23-17(22)8-13/h4-8,10,14-15H,9,11-12H2,1-3H3,(H2,22,23). The number of amides is 1. The van der Waals surface area contributed by atoms with E-state index in [1.54, 1.807) is 12.4 Å². The van der Waals surface area contributed by atoms with Gasteiger partial charge in [0.05, 0.1) is 17.8 Å². The lowest BCUT2D eigenvalue weighted by molar-refractivity contribution is 0.0214. The van der Waals surface area contributed by atoms with E-state index in [4.69, 9.17) is 15.5 Å². The molecule has 2 unspecified atom stereocenters. The zero-order valence-corrected chi connectivity index (χ0v) is 17.3. The second-order valence-electron chi connectivity index (χ2n) is 8.89. The minimum Gasteiger partial charge on any atom is -0.444 e. The monoisotopic (exact) mass is 407 g/mol. The van der Waals surface area contributed by atoms with Crippen LogP contribution in [0.1, 0.15) is 27.2 Å². The molecule has 2 aliphatic heterocycles. The number of hydrogen-bond donors (Lipinski definition) is 1. The molecule has 2 bridgehead atoms. The number of ether oxygens (including phenoxy) is 1. The molecular weight excluding hydrogens is 382 g/mol.